The summed E-state index contributed by atoms with van der Waals surface area (Å²) >= 11 is 4.70. The number of ether oxygens (including phenoxy) is 1. The largest absolute Gasteiger partial charge is 0.481 e. The molecule has 2 rings (SSSR count). The van der Waals surface area contributed by atoms with Crippen LogP contribution in [0.15, 0.2) is 15.9 Å². The maximum atomic E-state index is 12.5. The highest BCUT2D eigenvalue weighted by atomic mass is 79.9. The van der Waals surface area contributed by atoms with Crippen LogP contribution in [-0.2, 0) is 9.53 Å². The van der Waals surface area contributed by atoms with Gasteiger partial charge >= 0.3 is 5.97 Å². The van der Waals surface area contributed by atoms with Gasteiger partial charge in [-0.2, -0.15) is 0 Å². The van der Waals surface area contributed by atoms with Gasteiger partial charge in [0.15, 0.2) is 0 Å². The van der Waals surface area contributed by atoms with E-state index < -0.39 is 11.4 Å². The Morgan fingerprint density at radius 2 is 2.35 bits per heavy atom. The fourth-order valence-corrected chi connectivity index (χ4v) is 4.03. The Kier molecular flexibility index (Phi) is 4.82. The van der Waals surface area contributed by atoms with Gasteiger partial charge in [-0.3, -0.25) is 9.59 Å². The molecule has 1 aromatic rings. The Balaban J connectivity index is 2.20. The number of carboxylic acid groups (broad SMARTS) is 1. The number of rotatable bonds is 4. The molecular formula is C13H16BrNO4S. The van der Waals surface area contributed by atoms with Crippen molar-refractivity contribution in [3.63, 3.8) is 0 Å². The maximum absolute atomic E-state index is 12.5. The molecule has 0 saturated carbocycles. The van der Waals surface area contributed by atoms with Crippen molar-refractivity contribution in [2.75, 3.05) is 26.8 Å². The summed E-state index contributed by atoms with van der Waals surface area (Å²) in [6.07, 6.45) is 1.20. The van der Waals surface area contributed by atoms with E-state index in [1.165, 1.54) is 18.4 Å². The number of piperidine rings is 1. The second-order valence-electron chi connectivity index (χ2n) is 4.95. The summed E-state index contributed by atoms with van der Waals surface area (Å²) < 4.78 is 5.82. The van der Waals surface area contributed by atoms with Crippen molar-refractivity contribution in [2.45, 2.75) is 12.8 Å². The van der Waals surface area contributed by atoms with Crippen LogP contribution >= 0.6 is 27.3 Å². The fourth-order valence-electron chi connectivity index (χ4n) is 2.53. The highest BCUT2D eigenvalue weighted by Crippen LogP contribution is 2.33. The van der Waals surface area contributed by atoms with Crippen molar-refractivity contribution in [2.24, 2.45) is 5.41 Å². The van der Waals surface area contributed by atoms with Gasteiger partial charge in [-0.1, -0.05) is 0 Å². The van der Waals surface area contributed by atoms with E-state index in [0.29, 0.717) is 24.3 Å². The van der Waals surface area contributed by atoms with E-state index in [2.05, 4.69) is 15.9 Å². The van der Waals surface area contributed by atoms with Crippen LogP contribution < -0.4 is 0 Å². The lowest BCUT2D eigenvalue weighted by atomic mass is 9.80. The number of halogens is 1. The first kappa shape index (κ1) is 15.5. The minimum absolute atomic E-state index is 0.117. The molecule has 1 atom stereocenters. The molecule has 20 heavy (non-hydrogen) atoms. The van der Waals surface area contributed by atoms with Crippen LogP contribution in [0.1, 0.15) is 22.5 Å². The summed E-state index contributed by atoms with van der Waals surface area (Å²) in [5.41, 5.74) is -0.994. The summed E-state index contributed by atoms with van der Waals surface area (Å²) in [5, 5.41) is 11.3. The number of carbonyl (C=O) groups is 2. The SMILES string of the molecule is COCC1(C(=O)O)CCCN(C(=O)c2sccc2Br)C1. The molecule has 0 spiro atoms. The zero-order chi connectivity index (χ0) is 14.8. The van der Waals surface area contributed by atoms with Crippen molar-refractivity contribution in [1.29, 1.82) is 0 Å². The second-order valence-corrected chi connectivity index (χ2v) is 6.72. The molecule has 1 aliphatic heterocycles. The van der Waals surface area contributed by atoms with E-state index in [1.54, 1.807) is 4.90 Å². The van der Waals surface area contributed by atoms with Gasteiger partial charge in [0.05, 0.1) is 6.61 Å². The van der Waals surface area contributed by atoms with E-state index >= 15 is 0 Å². The predicted octanol–water partition coefficient (Wildman–Crippen LogP) is 2.46. The first-order valence-electron chi connectivity index (χ1n) is 6.25. The first-order chi connectivity index (χ1) is 9.50. The van der Waals surface area contributed by atoms with Crippen molar-refractivity contribution in [3.8, 4) is 0 Å². The molecule has 0 aliphatic carbocycles. The van der Waals surface area contributed by atoms with Crippen molar-refractivity contribution in [1.82, 2.24) is 4.90 Å². The Hall–Kier alpha value is -0.920. The molecule has 7 heteroatoms. The van der Waals surface area contributed by atoms with Gasteiger partial charge in [0, 0.05) is 24.7 Å². The lowest BCUT2D eigenvalue weighted by molar-refractivity contribution is -0.155. The number of thiophene rings is 1. The monoisotopic (exact) mass is 361 g/mol. The minimum Gasteiger partial charge on any atom is -0.481 e. The molecule has 2 heterocycles. The smallest absolute Gasteiger partial charge is 0.313 e. The molecule has 0 radical (unpaired) electrons. The normalized spacial score (nSPS) is 22.8. The number of amides is 1. The lowest BCUT2D eigenvalue weighted by Crippen LogP contribution is -2.52. The quantitative estimate of drug-likeness (QED) is 0.894. The van der Waals surface area contributed by atoms with Gasteiger partial charge in [0.25, 0.3) is 5.91 Å². The number of nitrogens with zero attached hydrogens (tertiary/aromatic N) is 1. The third-order valence-corrected chi connectivity index (χ3v) is 5.38. The van der Waals surface area contributed by atoms with Crippen LogP contribution in [0.3, 0.4) is 0 Å². The molecule has 1 aliphatic rings. The van der Waals surface area contributed by atoms with E-state index in [0.717, 1.165) is 4.47 Å². The third-order valence-electron chi connectivity index (χ3n) is 3.55. The molecule has 1 unspecified atom stereocenters. The average molecular weight is 362 g/mol. The van der Waals surface area contributed by atoms with Crippen LogP contribution in [0, 0.1) is 5.41 Å². The number of likely N-dealkylation sites (tertiary alicyclic amines) is 1. The number of hydrogen-bond donors (Lipinski definition) is 1. The second kappa shape index (κ2) is 6.24. The predicted molar refractivity (Wildman–Crippen MR) is 79.1 cm³/mol. The summed E-state index contributed by atoms with van der Waals surface area (Å²) in [6.45, 7) is 0.902. The van der Waals surface area contributed by atoms with Crippen LogP contribution in [0.25, 0.3) is 0 Å². The van der Waals surface area contributed by atoms with Gasteiger partial charge in [-0.05, 0) is 40.2 Å². The van der Waals surface area contributed by atoms with E-state index in [9.17, 15) is 14.7 Å². The molecule has 0 aromatic carbocycles. The number of carbonyl (C=O) groups excluding carboxylic acids is 1. The fraction of sp³-hybridized carbons (Fsp3) is 0.538. The number of methoxy groups -OCH3 is 1. The van der Waals surface area contributed by atoms with Crippen molar-refractivity contribution in [3.05, 3.63) is 20.8 Å². The number of carboxylic acids is 1. The third kappa shape index (κ3) is 2.89. The van der Waals surface area contributed by atoms with Gasteiger partial charge < -0.3 is 14.7 Å². The summed E-state index contributed by atoms with van der Waals surface area (Å²) in [4.78, 5) is 26.3. The zero-order valence-corrected chi connectivity index (χ0v) is 13.5. The first-order valence-corrected chi connectivity index (χ1v) is 7.92. The molecule has 1 N–H and O–H groups in total. The van der Waals surface area contributed by atoms with E-state index in [4.69, 9.17) is 4.74 Å². The highest BCUT2D eigenvalue weighted by molar-refractivity contribution is 9.10. The van der Waals surface area contributed by atoms with E-state index in [-0.39, 0.29) is 19.1 Å². The topological polar surface area (TPSA) is 66.8 Å². The number of hydrogen-bond acceptors (Lipinski definition) is 4. The Labute approximate surface area is 129 Å². The van der Waals surface area contributed by atoms with Gasteiger partial charge in [-0.15, -0.1) is 11.3 Å². The Morgan fingerprint density at radius 1 is 1.60 bits per heavy atom. The van der Waals surface area contributed by atoms with Crippen LogP contribution in [0.2, 0.25) is 0 Å². The molecule has 0 bridgehead atoms. The van der Waals surface area contributed by atoms with Crippen LogP contribution in [0.5, 0.6) is 0 Å². The molecule has 5 nitrogen and oxygen atoms in total. The van der Waals surface area contributed by atoms with Crippen molar-refractivity contribution < 1.29 is 19.4 Å². The van der Waals surface area contributed by atoms with Crippen LogP contribution in [0.4, 0.5) is 0 Å². The standard InChI is InChI=1S/C13H16BrNO4S/c1-19-8-13(12(17)18)4-2-5-15(7-13)11(16)10-9(14)3-6-20-10/h3,6H,2,4-5,7-8H2,1H3,(H,17,18). The Bertz CT molecular complexity index is 514. The molecule has 1 amide bonds. The highest BCUT2D eigenvalue weighted by Gasteiger charge is 2.44. The number of aliphatic carboxylic acids is 1. The summed E-state index contributed by atoms with van der Waals surface area (Å²) in [5.74, 6) is -1.02. The molecule has 1 aromatic heterocycles. The molecular weight excluding hydrogens is 346 g/mol. The van der Waals surface area contributed by atoms with Gasteiger partial charge in [0.1, 0.15) is 10.3 Å². The van der Waals surface area contributed by atoms with Crippen molar-refractivity contribution >= 4 is 39.1 Å². The zero-order valence-electron chi connectivity index (χ0n) is 11.1. The molecule has 110 valence electrons. The van der Waals surface area contributed by atoms with Gasteiger partial charge in [0.2, 0.25) is 0 Å². The summed E-state index contributed by atoms with van der Waals surface area (Å²) in [6, 6.07) is 1.82. The van der Waals surface area contributed by atoms with E-state index in [1.807, 2.05) is 11.4 Å². The lowest BCUT2D eigenvalue weighted by Gasteiger charge is -2.39. The average Bonchev–Trinajstić information content (AvgIpc) is 2.84. The molecule has 1 saturated heterocycles. The van der Waals surface area contributed by atoms with Crippen LogP contribution in [-0.4, -0.2) is 48.7 Å². The molecule has 1 fully saturated rings. The maximum Gasteiger partial charge on any atom is 0.313 e. The summed E-state index contributed by atoms with van der Waals surface area (Å²) in [7, 11) is 1.49. The minimum atomic E-state index is -0.994. The van der Waals surface area contributed by atoms with Gasteiger partial charge in [-0.25, -0.2) is 0 Å². The Morgan fingerprint density at radius 3 is 2.90 bits per heavy atom.